The van der Waals surface area contributed by atoms with Crippen molar-refractivity contribution in [3.63, 3.8) is 0 Å². The molecule has 3 aliphatic rings. The Hall–Kier alpha value is -1.34. The minimum Gasteiger partial charge on any atom is -0.379 e. The molecule has 0 aromatic heterocycles. The largest absolute Gasteiger partial charge is 0.379 e. The number of amides is 3. The van der Waals surface area contributed by atoms with Crippen molar-refractivity contribution in [1.29, 1.82) is 0 Å². The highest BCUT2D eigenvalue weighted by Gasteiger charge is 2.31. The lowest BCUT2D eigenvalue weighted by atomic mass is 9.97. The molecule has 0 spiro atoms. The van der Waals surface area contributed by atoms with Crippen molar-refractivity contribution in [2.75, 3.05) is 52.5 Å². The van der Waals surface area contributed by atoms with Crippen LogP contribution in [0, 0.1) is 5.92 Å². The molecule has 0 radical (unpaired) electrons. The van der Waals surface area contributed by atoms with Gasteiger partial charge in [-0.3, -0.25) is 9.69 Å². The summed E-state index contributed by atoms with van der Waals surface area (Å²) in [7, 11) is 0. The van der Waals surface area contributed by atoms with Crippen LogP contribution >= 0.6 is 0 Å². The molecule has 3 amide bonds. The number of nitrogens with one attached hydrogen (secondary N) is 2. The number of carbonyl (C=O) groups is 2. The van der Waals surface area contributed by atoms with Crippen molar-refractivity contribution in [3.8, 4) is 0 Å². The van der Waals surface area contributed by atoms with Gasteiger partial charge in [0.25, 0.3) is 0 Å². The van der Waals surface area contributed by atoms with Crippen molar-refractivity contribution in [3.05, 3.63) is 0 Å². The van der Waals surface area contributed by atoms with E-state index in [0.717, 1.165) is 71.5 Å². The number of hydrogen-bond acceptors (Lipinski definition) is 4. The van der Waals surface area contributed by atoms with Gasteiger partial charge in [-0.15, -0.1) is 0 Å². The van der Waals surface area contributed by atoms with E-state index in [1.54, 1.807) is 4.90 Å². The van der Waals surface area contributed by atoms with Gasteiger partial charge in [-0.05, 0) is 38.6 Å². The first kappa shape index (κ1) is 17.5. The van der Waals surface area contributed by atoms with Gasteiger partial charge < -0.3 is 20.3 Å². The molecule has 0 aromatic rings. The second-order valence-electron chi connectivity index (χ2n) is 7.11. The minimum atomic E-state index is -0.0629. The fourth-order valence-electron chi connectivity index (χ4n) is 3.35. The summed E-state index contributed by atoms with van der Waals surface area (Å²) in [5, 5.41) is 6.06. The summed E-state index contributed by atoms with van der Waals surface area (Å²) in [6.07, 6.45) is 4.93. The average Bonchev–Trinajstić information content (AvgIpc) is 3.43. The van der Waals surface area contributed by atoms with E-state index in [1.165, 1.54) is 0 Å². The van der Waals surface area contributed by atoms with E-state index in [9.17, 15) is 9.59 Å². The van der Waals surface area contributed by atoms with E-state index in [1.807, 2.05) is 0 Å². The molecule has 0 bridgehead atoms. The number of piperidine rings is 1. The van der Waals surface area contributed by atoms with Crippen LogP contribution < -0.4 is 10.6 Å². The third-order valence-corrected chi connectivity index (χ3v) is 5.04. The van der Waals surface area contributed by atoms with Crippen molar-refractivity contribution in [2.45, 2.75) is 38.1 Å². The fourth-order valence-corrected chi connectivity index (χ4v) is 3.35. The fraction of sp³-hybridized carbons (Fsp3) is 0.882. The highest BCUT2D eigenvalue weighted by atomic mass is 16.5. The number of ether oxygens (including phenoxy) is 1. The van der Waals surface area contributed by atoms with Crippen LogP contribution in [0.25, 0.3) is 0 Å². The van der Waals surface area contributed by atoms with E-state index >= 15 is 0 Å². The molecule has 7 heteroatoms. The van der Waals surface area contributed by atoms with Crippen LogP contribution in [0.3, 0.4) is 0 Å². The quantitative estimate of drug-likeness (QED) is 0.688. The first-order valence-electron chi connectivity index (χ1n) is 9.35. The lowest BCUT2D eigenvalue weighted by Crippen LogP contribution is -2.49. The van der Waals surface area contributed by atoms with Gasteiger partial charge in [-0.25, -0.2) is 4.79 Å². The third kappa shape index (κ3) is 5.34. The molecule has 24 heavy (non-hydrogen) atoms. The van der Waals surface area contributed by atoms with Gasteiger partial charge >= 0.3 is 6.03 Å². The molecule has 2 heterocycles. The molecular weight excluding hydrogens is 308 g/mol. The monoisotopic (exact) mass is 338 g/mol. The zero-order valence-corrected chi connectivity index (χ0v) is 14.5. The predicted octanol–water partition coefficient (Wildman–Crippen LogP) is 0.409. The highest BCUT2D eigenvalue weighted by Crippen LogP contribution is 2.21. The minimum absolute atomic E-state index is 0.00215. The van der Waals surface area contributed by atoms with Crippen molar-refractivity contribution in [1.82, 2.24) is 20.4 Å². The van der Waals surface area contributed by atoms with Gasteiger partial charge in [-0.2, -0.15) is 0 Å². The topological polar surface area (TPSA) is 73.9 Å². The average molecular weight is 338 g/mol. The lowest BCUT2D eigenvalue weighted by Gasteiger charge is -2.32. The number of hydrogen-bond donors (Lipinski definition) is 2. The smallest absolute Gasteiger partial charge is 0.317 e. The normalized spacial score (nSPS) is 25.3. The van der Waals surface area contributed by atoms with Crippen molar-refractivity contribution in [2.24, 2.45) is 5.92 Å². The van der Waals surface area contributed by atoms with Gasteiger partial charge in [0.2, 0.25) is 5.91 Å². The van der Waals surface area contributed by atoms with E-state index in [2.05, 4.69) is 15.5 Å². The predicted molar refractivity (Wildman–Crippen MR) is 90.7 cm³/mol. The van der Waals surface area contributed by atoms with Crippen molar-refractivity contribution < 1.29 is 14.3 Å². The molecule has 0 aromatic carbocycles. The van der Waals surface area contributed by atoms with Crippen LogP contribution in [0.2, 0.25) is 0 Å². The first-order valence-corrected chi connectivity index (χ1v) is 9.35. The first-order chi connectivity index (χ1) is 11.7. The maximum atomic E-state index is 12.3. The Morgan fingerprint density at radius 2 is 1.88 bits per heavy atom. The Labute approximate surface area is 144 Å². The van der Waals surface area contributed by atoms with Crippen LogP contribution in [0.4, 0.5) is 4.79 Å². The van der Waals surface area contributed by atoms with E-state index in [4.69, 9.17) is 4.74 Å². The maximum Gasteiger partial charge on any atom is 0.317 e. The van der Waals surface area contributed by atoms with Crippen LogP contribution in [0.1, 0.15) is 32.1 Å². The van der Waals surface area contributed by atoms with Gasteiger partial charge in [0.1, 0.15) is 0 Å². The summed E-state index contributed by atoms with van der Waals surface area (Å²) in [6.45, 7) is 6.63. The Balaban J connectivity index is 1.32. The molecule has 7 nitrogen and oxygen atoms in total. The summed E-state index contributed by atoms with van der Waals surface area (Å²) in [6, 6.07) is 0.370. The number of urea groups is 1. The van der Waals surface area contributed by atoms with Crippen LogP contribution in [-0.2, 0) is 9.53 Å². The second kappa shape index (κ2) is 8.67. The molecule has 1 aliphatic carbocycles. The SMILES string of the molecule is O=C(NCCCN1CCOCC1)C1CCCN(C(=O)NC2CC2)C1. The van der Waals surface area contributed by atoms with Crippen molar-refractivity contribution >= 4 is 11.9 Å². The molecule has 3 rings (SSSR count). The maximum absolute atomic E-state index is 12.3. The third-order valence-electron chi connectivity index (χ3n) is 5.04. The molecule has 2 N–H and O–H groups in total. The molecule has 3 fully saturated rings. The zero-order valence-electron chi connectivity index (χ0n) is 14.5. The standard InChI is InChI=1S/C17H30N4O3/c22-16(18-6-2-7-20-9-11-24-12-10-20)14-3-1-8-21(13-14)17(23)19-15-4-5-15/h14-15H,1-13H2,(H,18,22)(H,19,23). The summed E-state index contributed by atoms with van der Waals surface area (Å²) >= 11 is 0. The summed E-state index contributed by atoms with van der Waals surface area (Å²) in [4.78, 5) is 28.6. The molecule has 1 unspecified atom stereocenters. The molecule has 1 atom stereocenters. The number of morpholine rings is 1. The Bertz CT molecular complexity index is 436. The van der Waals surface area contributed by atoms with Gasteiger partial charge in [0.05, 0.1) is 19.1 Å². The molecule has 2 aliphatic heterocycles. The van der Waals surface area contributed by atoms with Gasteiger partial charge in [0.15, 0.2) is 0 Å². The summed E-state index contributed by atoms with van der Waals surface area (Å²) in [5.41, 5.74) is 0. The molecule has 136 valence electrons. The van der Waals surface area contributed by atoms with Crippen LogP contribution in [0.15, 0.2) is 0 Å². The van der Waals surface area contributed by atoms with Gasteiger partial charge in [0, 0.05) is 38.8 Å². The Kier molecular flexibility index (Phi) is 6.31. The second-order valence-corrected chi connectivity index (χ2v) is 7.11. The van der Waals surface area contributed by atoms with E-state index in [-0.39, 0.29) is 17.9 Å². The molecule has 2 saturated heterocycles. The number of nitrogens with zero attached hydrogens (tertiary/aromatic N) is 2. The van der Waals surface area contributed by atoms with E-state index in [0.29, 0.717) is 19.1 Å². The van der Waals surface area contributed by atoms with Crippen LogP contribution in [-0.4, -0.2) is 80.3 Å². The molecular formula is C17H30N4O3. The zero-order chi connectivity index (χ0) is 16.8. The number of likely N-dealkylation sites (tertiary alicyclic amines) is 1. The van der Waals surface area contributed by atoms with E-state index < -0.39 is 0 Å². The number of carbonyl (C=O) groups excluding carboxylic acids is 2. The highest BCUT2D eigenvalue weighted by molar-refractivity contribution is 5.81. The van der Waals surface area contributed by atoms with Gasteiger partial charge in [-0.1, -0.05) is 0 Å². The molecule has 1 saturated carbocycles. The summed E-state index contributed by atoms with van der Waals surface area (Å²) < 4.78 is 5.33. The lowest BCUT2D eigenvalue weighted by molar-refractivity contribution is -0.126. The Morgan fingerprint density at radius 3 is 2.62 bits per heavy atom. The van der Waals surface area contributed by atoms with Crippen LogP contribution in [0.5, 0.6) is 0 Å². The number of rotatable bonds is 6. The Morgan fingerprint density at radius 1 is 1.08 bits per heavy atom. The summed E-state index contributed by atoms with van der Waals surface area (Å²) in [5.74, 6) is 0.0352.